The van der Waals surface area contributed by atoms with Gasteiger partial charge in [-0.05, 0) is 31.7 Å². The molecule has 0 aliphatic rings. The van der Waals surface area contributed by atoms with Gasteiger partial charge in [-0.25, -0.2) is 0 Å². The average Bonchev–Trinajstić information content (AvgIpc) is 2.31. The van der Waals surface area contributed by atoms with Gasteiger partial charge in [0.1, 0.15) is 11.5 Å². The molecule has 0 saturated carbocycles. The van der Waals surface area contributed by atoms with Crippen molar-refractivity contribution in [2.45, 2.75) is 13.5 Å². The third kappa shape index (κ3) is 3.36. The number of hydrogen-bond acceptors (Lipinski definition) is 4. The van der Waals surface area contributed by atoms with Gasteiger partial charge >= 0.3 is 0 Å². The second-order valence-electron chi connectivity index (χ2n) is 3.96. The molecule has 0 N–H and O–H groups in total. The number of benzene rings is 1. The summed E-state index contributed by atoms with van der Waals surface area (Å²) in [5.74, 6) is 1.67. The summed E-state index contributed by atoms with van der Waals surface area (Å²) in [5.41, 5.74) is 2.06. The van der Waals surface area contributed by atoms with Crippen LogP contribution in [-0.2, 0) is 6.54 Å². The van der Waals surface area contributed by atoms with Gasteiger partial charge in [-0.1, -0.05) is 0 Å². The molecule has 17 heavy (non-hydrogen) atoms. The molecule has 1 aromatic carbocycles. The second-order valence-corrected chi connectivity index (χ2v) is 3.96. The molecular weight excluding hydrogens is 216 g/mol. The lowest BCUT2D eigenvalue weighted by Crippen LogP contribution is -2.18. The summed E-state index contributed by atoms with van der Waals surface area (Å²) in [4.78, 5) is 1.92. The predicted molar refractivity (Wildman–Crippen MR) is 66.2 cm³/mol. The summed E-state index contributed by atoms with van der Waals surface area (Å²) < 4.78 is 10.6. The van der Waals surface area contributed by atoms with Crippen molar-refractivity contribution >= 4 is 0 Å². The average molecular weight is 234 g/mol. The summed E-state index contributed by atoms with van der Waals surface area (Å²) in [6.45, 7) is 3.02. The molecule has 0 bridgehead atoms. The highest BCUT2D eigenvalue weighted by Gasteiger charge is 2.10. The van der Waals surface area contributed by atoms with Gasteiger partial charge in [0.2, 0.25) is 0 Å². The molecule has 0 aromatic heterocycles. The molecule has 92 valence electrons. The summed E-state index contributed by atoms with van der Waals surface area (Å²) in [5, 5.41) is 8.64. The van der Waals surface area contributed by atoms with Gasteiger partial charge in [0.25, 0.3) is 0 Å². The smallest absolute Gasteiger partial charge is 0.123 e. The fraction of sp³-hybridized carbons (Fsp3) is 0.462. The minimum atomic E-state index is 0.388. The van der Waals surface area contributed by atoms with Crippen molar-refractivity contribution in [1.82, 2.24) is 4.90 Å². The van der Waals surface area contributed by atoms with Crippen LogP contribution < -0.4 is 9.47 Å². The van der Waals surface area contributed by atoms with Gasteiger partial charge in [-0.3, -0.25) is 4.90 Å². The van der Waals surface area contributed by atoms with E-state index in [1.165, 1.54) is 0 Å². The highest BCUT2D eigenvalue weighted by molar-refractivity contribution is 5.45. The van der Waals surface area contributed by atoms with E-state index in [4.69, 9.17) is 14.7 Å². The van der Waals surface area contributed by atoms with Crippen LogP contribution in [-0.4, -0.2) is 32.7 Å². The third-order valence-corrected chi connectivity index (χ3v) is 2.58. The molecular formula is C13H18N2O2. The number of nitrogens with zero attached hydrogens (tertiary/aromatic N) is 2. The molecule has 1 aromatic rings. The van der Waals surface area contributed by atoms with Crippen molar-refractivity contribution in [1.29, 1.82) is 5.26 Å². The van der Waals surface area contributed by atoms with Gasteiger partial charge in [-0.15, -0.1) is 0 Å². The molecule has 0 aliphatic carbocycles. The van der Waals surface area contributed by atoms with Gasteiger partial charge in [0, 0.05) is 12.1 Å². The van der Waals surface area contributed by atoms with Crippen molar-refractivity contribution in [3.05, 3.63) is 23.3 Å². The van der Waals surface area contributed by atoms with Crippen molar-refractivity contribution < 1.29 is 9.47 Å². The second kappa shape index (κ2) is 6.12. The quantitative estimate of drug-likeness (QED) is 0.731. The zero-order valence-corrected chi connectivity index (χ0v) is 10.8. The molecule has 0 atom stereocenters. The molecule has 0 amide bonds. The molecule has 0 unspecified atom stereocenters. The van der Waals surface area contributed by atoms with E-state index in [2.05, 4.69) is 6.07 Å². The maximum Gasteiger partial charge on any atom is 0.123 e. The van der Waals surface area contributed by atoms with Crippen LogP contribution in [0.3, 0.4) is 0 Å². The Hall–Kier alpha value is -1.73. The standard InChI is InChI=1S/C13H18N2O2/c1-10-7-13(17-4)11(8-12(10)16-3)9-15(2)6-5-14/h7-8H,6,9H2,1-4H3. The number of ether oxygens (including phenoxy) is 2. The van der Waals surface area contributed by atoms with Crippen LogP contribution in [0, 0.1) is 18.3 Å². The third-order valence-electron chi connectivity index (χ3n) is 2.58. The molecule has 0 radical (unpaired) electrons. The van der Waals surface area contributed by atoms with Crippen LogP contribution in [0.25, 0.3) is 0 Å². The van der Waals surface area contributed by atoms with E-state index in [0.717, 1.165) is 22.6 Å². The SMILES string of the molecule is COc1cc(CN(C)CC#N)c(OC)cc1C. The van der Waals surface area contributed by atoms with Crippen molar-refractivity contribution in [3.63, 3.8) is 0 Å². The Morgan fingerprint density at radius 1 is 1.24 bits per heavy atom. The zero-order chi connectivity index (χ0) is 12.8. The number of hydrogen-bond donors (Lipinski definition) is 0. The Balaban J connectivity index is 3.00. The maximum atomic E-state index is 8.64. The van der Waals surface area contributed by atoms with Gasteiger partial charge in [-0.2, -0.15) is 5.26 Å². The molecule has 1 rings (SSSR count). The topological polar surface area (TPSA) is 45.5 Å². The Morgan fingerprint density at radius 2 is 1.88 bits per heavy atom. The summed E-state index contributed by atoms with van der Waals surface area (Å²) in [6, 6.07) is 6.03. The van der Waals surface area contributed by atoms with E-state index < -0.39 is 0 Å². The molecule has 4 heteroatoms. The van der Waals surface area contributed by atoms with E-state index in [9.17, 15) is 0 Å². The van der Waals surface area contributed by atoms with Gasteiger partial charge in [0.15, 0.2) is 0 Å². The zero-order valence-electron chi connectivity index (χ0n) is 10.8. The molecule has 4 nitrogen and oxygen atoms in total. The highest BCUT2D eigenvalue weighted by atomic mass is 16.5. The maximum absolute atomic E-state index is 8.64. The van der Waals surface area contributed by atoms with E-state index in [-0.39, 0.29) is 0 Å². The normalized spacial score (nSPS) is 10.1. The lowest BCUT2D eigenvalue weighted by Gasteiger charge is -2.17. The molecule has 0 fully saturated rings. The first kappa shape index (κ1) is 13.3. The van der Waals surface area contributed by atoms with Crippen LogP contribution in [0.2, 0.25) is 0 Å². The Morgan fingerprint density at radius 3 is 2.41 bits per heavy atom. The minimum absolute atomic E-state index is 0.388. The first-order chi connectivity index (χ1) is 8.12. The van der Waals surface area contributed by atoms with E-state index in [0.29, 0.717) is 13.1 Å². The fourth-order valence-corrected chi connectivity index (χ4v) is 1.70. The van der Waals surface area contributed by atoms with Gasteiger partial charge < -0.3 is 9.47 Å². The number of rotatable bonds is 5. The first-order valence-electron chi connectivity index (χ1n) is 5.39. The van der Waals surface area contributed by atoms with Gasteiger partial charge in [0.05, 0.1) is 26.8 Å². The minimum Gasteiger partial charge on any atom is -0.496 e. The molecule has 0 heterocycles. The van der Waals surface area contributed by atoms with Crippen LogP contribution >= 0.6 is 0 Å². The van der Waals surface area contributed by atoms with Crippen LogP contribution in [0.5, 0.6) is 11.5 Å². The van der Waals surface area contributed by atoms with E-state index in [1.54, 1.807) is 14.2 Å². The van der Waals surface area contributed by atoms with Crippen molar-refractivity contribution in [2.24, 2.45) is 0 Å². The van der Waals surface area contributed by atoms with E-state index in [1.807, 2.05) is 31.0 Å². The highest BCUT2D eigenvalue weighted by Crippen LogP contribution is 2.28. The Labute approximate surface area is 102 Å². The largest absolute Gasteiger partial charge is 0.496 e. The molecule has 0 spiro atoms. The first-order valence-corrected chi connectivity index (χ1v) is 5.39. The number of methoxy groups -OCH3 is 2. The summed E-state index contributed by atoms with van der Waals surface area (Å²) >= 11 is 0. The fourth-order valence-electron chi connectivity index (χ4n) is 1.70. The molecule has 0 aliphatic heterocycles. The Bertz CT molecular complexity index is 424. The lowest BCUT2D eigenvalue weighted by molar-refractivity contribution is 0.346. The monoisotopic (exact) mass is 234 g/mol. The number of aryl methyl sites for hydroxylation is 1. The Kier molecular flexibility index (Phi) is 4.80. The predicted octanol–water partition coefficient (Wildman–Crippen LogP) is 1.97. The number of nitriles is 1. The van der Waals surface area contributed by atoms with Crippen LogP contribution in [0.4, 0.5) is 0 Å². The summed E-state index contributed by atoms with van der Waals surface area (Å²) in [6.07, 6.45) is 0. The van der Waals surface area contributed by atoms with Crippen LogP contribution in [0.1, 0.15) is 11.1 Å². The lowest BCUT2D eigenvalue weighted by atomic mass is 10.1. The van der Waals surface area contributed by atoms with Crippen molar-refractivity contribution in [3.8, 4) is 17.6 Å². The van der Waals surface area contributed by atoms with Crippen LogP contribution in [0.15, 0.2) is 12.1 Å². The summed E-state index contributed by atoms with van der Waals surface area (Å²) in [7, 11) is 5.20. The van der Waals surface area contributed by atoms with Crippen molar-refractivity contribution in [2.75, 3.05) is 27.8 Å². The van der Waals surface area contributed by atoms with E-state index >= 15 is 0 Å². The molecule has 0 saturated heterocycles.